The summed E-state index contributed by atoms with van der Waals surface area (Å²) in [5.41, 5.74) is 12.0. The minimum Gasteiger partial charge on any atom is -0.306 e. The molecule has 3 heteroatoms. The molecule has 0 bridgehead atoms. The molecule has 0 N–H and O–H groups in total. The van der Waals surface area contributed by atoms with Crippen LogP contribution in [-0.2, 0) is 5.41 Å². The summed E-state index contributed by atoms with van der Waals surface area (Å²) in [6.07, 6.45) is 3.62. The Bertz CT molecular complexity index is 2040. The minimum absolute atomic E-state index is 0.116. The highest BCUT2D eigenvalue weighted by molar-refractivity contribution is 6.12. The number of hydrogen-bond donors (Lipinski definition) is 0. The van der Waals surface area contributed by atoms with E-state index in [4.69, 9.17) is 4.98 Å². The molecule has 7 aromatic rings. The van der Waals surface area contributed by atoms with Crippen molar-refractivity contribution in [2.75, 3.05) is 0 Å². The topological polar surface area (TPSA) is 30.7 Å². The average Bonchev–Trinajstić information content (AvgIpc) is 3.42. The Morgan fingerprint density at radius 1 is 0.658 bits per heavy atom. The monoisotopic (exact) mass is 487 g/mol. The number of aromatic nitrogens is 3. The molecule has 3 nitrogen and oxygen atoms in total. The van der Waals surface area contributed by atoms with Gasteiger partial charge < -0.3 is 4.57 Å². The van der Waals surface area contributed by atoms with Gasteiger partial charge in [-0.3, -0.25) is 0 Å². The fourth-order valence-electron chi connectivity index (χ4n) is 6.55. The second-order valence-electron chi connectivity index (χ2n) is 10.8. The maximum atomic E-state index is 4.82. The minimum atomic E-state index is -0.116. The standard InChI is InChI=1S/C35H25N3/c1-35(2)29-10-6-5-9-27(29)28-17-18-30-32(33(28)35)34-31(20-36-21-37-34)38(30)26-15-13-23(14-16-26)25-12-11-22-7-3-4-8-24(22)19-25/h3-21H,1-2H3. The second kappa shape index (κ2) is 7.62. The SMILES string of the molecule is CC1(C)c2ccccc2-c2ccc3c(c21)c1ncncc1n3-c1ccc(-c2ccc3ccccc3c2)cc1. The number of rotatable bonds is 2. The summed E-state index contributed by atoms with van der Waals surface area (Å²) in [5, 5.41) is 3.74. The lowest BCUT2D eigenvalue weighted by Gasteiger charge is -2.22. The van der Waals surface area contributed by atoms with Crippen LogP contribution in [0.1, 0.15) is 25.0 Å². The molecule has 0 amide bonds. The van der Waals surface area contributed by atoms with E-state index in [1.807, 2.05) is 6.20 Å². The lowest BCUT2D eigenvalue weighted by Crippen LogP contribution is -2.15. The maximum absolute atomic E-state index is 4.82. The lowest BCUT2D eigenvalue weighted by molar-refractivity contribution is 0.666. The van der Waals surface area contributed by atoms with Gasteiger partial charge in [0.2, 0.25) is 0 Å². The number of fused-ring (bicyclic) bond motifs is 8. The Morgan fingerprint density at radius 2 is 1.42 bits per heavy atom. The smallest absolute Gasteiger partial charge is 0.116 e. The summed E-state index contributed by atoms with van der Waals surface area (Å²) in [5.74, 6) is 0. The maximum Gasteiger partial charge on any atom is 0.116 e. The first kappa shape index (κ1) is 21.3. The number of nitrogens with zero attached hydrogens (tertiary/aromatic N) is 3. The van der Waals surface area contributed by atoms with E-state index in [1.54, 1.807) is 6.33 Å². The Morgan fingerprint density at radius 3 is 2.29 bits per heavy atom. The van der Waals surface area contributed by atoms with Crippen LogP contribution in [0.4, 0.5) is 0 Å². The zero-order chi connectivity index (χ0) is 25.4. The van der Waals surface area contributed by atoms with Gasteiger partial charge in [0.1, 0.15) is 11.8 Å². The zero-order valence-electron chi connectivity index (χ0n) is 21.3. The highest BCUT2D eigenvalue weighted by Gasteiger charge is 2.38. The van der Waals surface area contributed by atoms with Crippen LogP contribution in [0.3, 0.4) is 0 Å². The molecular formula is C35H25N3. The van der Waals surface area contributed by atoms with Crippen LogP contribution in [0.25, 0.3) is 60.6 Å². The van der Waals surface area contributed by atoms with E-state index >= 15 is 0 Å². The van der Waals surface area contributed by atoms with Crippen LogP contribution in [0.2, 0.25) is 0 Å². The molecule has 1 aliphatic carbocycles. The van der Waals surface area contributed by atoms with Crippen molar-refractivity contribution in [2.24, 2.45) is 0 Å². The molecule has 5 aromatic carbocycles. The van der Waals surface area contributed by atoms with Crippen LogP contribution in [0, 0.1) is 0 Å². The molecule has 0 unspecified atom stereocenters. The molecule has 180 valence electrons. The van der Waals surface area contributed by atoms with E-state index in [0.717, 1.165) is 16.7 Å². The Hall–Kier alpha value is -4.76. The van der Waals surface area contributed by atoms with Crippen molar-refractivity contribution >= 4 is 32.7 Å². The van der Waals surface area contributed by atoms with Crippen LogP contribution in [0.5, 0.6) is 0 Å². The highest BCUT2D eigenvalue weighted by Crippen LogP contribution is 2.52. The fourth-order valence-corrected chi connectivity index (χ4v) is 6.55. The normalized spacial score (nSPS) is 13.7. The van der Waals surface area contributed by atoms with Crippen LogP contribution in [0.15, 0.2) is 116 Å². The van der Waals surface area contributed by atoms with Gasteiger partial charge >= 0.3 is 0 Å². The molecular weight excluding hydrogens is 462 g/mol. The highest BCUT2D eigenvalue weighted by atomic mass is 15.0. The third-order valence-corrected chi connectivity index (χ3v) is 8.32. The third kappa shape index (κ3) is 2.84. The molecule has 0 atom stereocenters. The largest absolute Gasteiger partial charge is 0.306 e. The summed E-state index contributed by atoms with van der Waals surface area (Å²) in [6, 6.07) is 37.4. The van der Waals surface area contributed by atoms with Crippen molar-refractivity contribution in [3.63, 3.8) is 0 Å². The Kier molecular flexibility index (Phi) is 4.28. The van der Waals surface area contributed by atoms with E-state index in [-0.39, 0.29) is 5.41 Å². The summed E-state index contributed by atoms with van der Waals surface area (Å²) >= 11 is 0. The molecule has 1 aliphatic rings. The molecule has 0 spiro atoms. The molecule has 2 aromatic heterocycles. The molecule has 0 fully saturated rings. The average molecular weight is 488 g/mol. The van der Waals surface area contributed by atoms with Gasteiger partial charge in [0.25, 0.3) is 0 Å². The van der Waals surface area contributed by atoms with Gasteiger partial charge in [-0.25, -0.2) is 9.97 Å². The van der Waals surface area contributed by atoms with Crippen LogP contribution < -0.4 is 0 Å². The molecule has 2 heterocycles. The Balaban J connectivity index is 1.34. The van der Waals surface area contributed by atoms with Gasteiger partial charge in [-0.15, -0.1) is 0 Å². The summed E-state index contributed by atoms with van der Waals surface area (Å²) in [4.78, 5) is 9.25. The van der Waals surface area contributed by atoms with Gasteiger partial charge in [0.15, 0.2) is 0 Å². The van der Waals surface area contributed by atoms with Gasteiger partial charge in [-0.05, 0) is 68.4 Å². The van der Waals surface area contributed by atoms with Crippen LogP contribution in [-0.4, -0.2) is 14.5 Å². The van der Waals surface area contributed by atoms with Crippen molar-refractivity contribution < 1.29 is 0 Å². The van der Waals surface area contributed by atoms with Crippen molar-refractivity contribution in [1.82, 2.24) is 14.5 Å². The van der Waals surface area contributed by atoms with Crippen molar-refractivity contribution in [1.29, 1.82) is 0 Å². The van der Waals surface area contributed by atoms with E-state index in [2.05, 4.69) is 127 Å². The van der Waals surface area contributed by atoms with Crippen molar-refractivity contribution in [3.05, 3.63) is 127 Å². The predicted octanol–water partition coefficient (Wildman–Crippen LogP) is 8.70. The summed E-state index contributed by atoms with van der Waals surface area (Å²) in [6.45, 7) is 4.67. The molecule has 8 rings (SSSR count). The quantitative estimate of drug-likeness (QED) is 0.244. The van der Waals surface area contributed by atoms with Gasteiger partial charge in [0.05, 0.1) is 17.2 Å². The van der Waals surface area contributed by atoms with Gasteiger partial charge in [-0.1, -0.05) is 92.7 Å². The van der Waals surface area contributed by atoms with E-state index in [0.29, 0.717) is 0 Å². The predicted molar refractivity (Wildman–Crippen MR) is 157 cm³/mol. The van der Waals surface area contributed by atoms with E-state index in [9.17, 15) is 0 Å². The first-order valence-corrected chi connectivity index (χ1v) is 13.1. The number of hydrogen-bond acceptors (Lipinski definition) is 2. The van der Waals surface area contributed by atoms with Crippen molar-refractivity contribution in [3.8, 4) is 27.9 Å². The first-order chi connectivity index (χ1) is 18.6. The fraction of sp³-hybridized carbons (Fsp3) is 0.0857. The molecule has 0 aliphatic heterocycles. The lowest BCUT2D eigenvalue weighted by atomic mass is 9.81. The zero-order valence-corrected chi connectivity index (χ0v) is 21.3. The molecule has 0 saturated heterocycles. The Labute approximate surface area is 221 Å². The number of benzene rings is 5. The summed E-state index contributed by atoms with van der Waals surface area (Å²) < 4.78 is 2.31. The third-order valence-electron chi connectivity index (χ3n) is 8.32. The molecule has 38 heavy (non-hydrogen) atoms. The summed E-state index contributed by atoms with van der Waals surface area (Å²) in [7, 11) is 0. The molecule has 0 radical (unpaired) electrons. The molecule has 0 saturated carbocycles. The second-order valence-corrected chi connectivity index (χ2v) is 10.8. The van der Waals surface area contributed by atoms with Gasteiger partial charge in [-0.2, -0.15) is 0 Å². The first-order valence-electron chi connectivity index (χ1n) is 13.1. The van der Waals surface area contributed by atoms with Gasteiger partial charge in [0, 0.05) is 16.5 Å². The van der Waals surface area contributed by atoms with Crippen molar-refractivity contribution in [2.45, 2.75) is 19.3 Å². The van der Waals surface area contributed by atoms with E-state index in [1.165, 1.54) is 55.1 Å². The van der Waals surface area contributed by atoms with E-state index < -0.39 is 0 Å². The van der Waals surface area contributed by atoms with Crippen LogP contribution >= 0.6 is 0 Å².